The molecule has 1 aliphatic heterocycles. The van der Waals surface area contributed by atoms with Crippen LogP contribution in [0.4, 0.5) is 0 Å². The quantitative estimate of drug-likeness (QED) is 0.162. The molecule has 1 aliphatic rings. The second-order valence-electron chi connectivity index (χ2n) is 9.78. The van der Waals surface area contributed by atoms with Crippen LogP contribution in [0.2, 0.25) is 0 Å². The maximum absolute atomic E-state index is 13.1. The number of rotatable bonds is 9. The molecular weight excluding hydrogens is 576 g/mol. The van der Waals surface area contributed by atoms with Gasteiger partial charge in [-0.3, -0.25) is 4.79 Å². The summed E-state index contributed by atoms with van der Waals surface area (Å²) in [5.41, 5.74) is 0.312. The SMILES string of the molecule is COc1cc(O)c2c(=O)cc(-c3ccccc3O[C@@H]3O[C@H](CO)[C@@H](O)[C@H](O)[C@H]3OC(=O)C=Cc3ccccc3)oc2c1OC. The third-order valence-corrected chi connectivity index (χ3v) is 7.01. The third-order valence-electron chi connectivity index (χ3n) is 7.01. The summed E-state index contributed by atoms with van der Waals surface area (Å²) in [5, 5.41) is 41.5. The lowest BCUT2D eigenvalue weighted by atomic mass is 9.99. The van der Waals surface area contributed by atoms with E-state index in [0.29, 0.717) is 0 Å². The van der Waals surface area contributed by atoms with Gasteiger partial charge in [0, 0.05) is 18.2 Å². The number of esters is 1. The zero-order valence-corrected chi connectivity index (χ0v) is 23.7. The van der Waals surface area contributed by atoms with E-state index in [0.717, 1.165) is 17.7 Å². The van der Waals surface area contributed by atoms with E-state index < -0.39 is 48.7 Å². The van der Waals surface area contributed by atoms with Crippen LogP contribution in [0, 0.1) is 0 Å². The van der Waals surface area contributed by atoms with E-state index >= 15 is 0 Å². The van der Waals surface area contributed by atoms with Crippen molar-refractivity contribution in [2.75, 3.05) is 20.8 Å². The van der Waals surface area contributed by atoms with Gasteiger partial charge in [0.05, 0.1) is 26.4 Å². The molecule has 1 aromatic heterocycles. The van der Waals surface area contributed by atoms with Gasteiger partial charge in [-0.25, -0.2) is 4.79 Å². The Kier molecular flexibility index (Phi) is 9.16. The zero-order chi connectivity index (χ0) is 31.4. The van der Waals surface area contributed by atoms with Crippen molar-refractivity contribution >= 4 is 23.0 Å². The summed E-state index contributed by atoms with van der Waals surface area (Å²) in [5.74, 6) is -0.921. The summed E-state index contributed by atoms with van der Waals surface area (Å²) in [6, 6.07) is 17.7. The van der Waals surface area contributed by atoms with Crippen molar-refractivity contribution in [3.8, 4) is 34.3 Å². The molecule has 0 saturated carbocycles. The summed E-state index contributed by atoms with van der Waals surface area (Å²) in [4.78, 5) is 25.8. The van der Waals surface area contributed by atoms with Crippen molar-refractivity contribution in [2.45, 2.75) is 30.7 Å². The standard InChI is InChI=1S/C32H30O12/c1-39-23-15-20(35)26-19(34)14-22(41-30(26)29(23)40-2)18-10-6-7-11-21(18)42-32-31(28(38)27(37)24(16-33)43-32)44-25(36)13-12-17-8-4-3-5-9-17/h3-15,24,27-28,31-33,35,37-38H,16H2,1-2H3/t24-,27-,28+,31-,32-/m1/s1. The first-order chi connectivity index (χ1) is 21.2. The zero-order valence-electron chi connectivity index (χ0n) is 23.7. The monoisotopic (exact) mass is 606 g/mol. The number of phenols is 1. The Labute approximate surface area is 250 Å². The fourth-order valence-corrected chi connectivity index (χ4v) is 4.82. The van der Waals surface area contributed by atoms with Crippen LogP contribution in [0.15, 0.2) is 82.0 Å². The summed E-state index contributed by atoms with van der Waals surface area (Å²) in [7, 11) is 2.72. The van der Waals surface area contributed by atoms with Gasteiger partial charge in [0.1, 0.15) is 41.0 Å². The molecule has 0 radical (unpaired) electrons. The first-order valence-electron chi connectivity index (χ1n) is 13.5. The highest BCUT2D eigenvalue weighted by molar-refractivity contribution is 5.92. The fourth-order valence-electron chi connectivity index (χ4n) is 4.82. The molecule has 2 heterocycles. The van der Waals surface area contributed by atoms with Gasteiger partial charge in [0.15, 0.2) is 22.9 Å². The highest BCUT2D eigenvalue weighted by Gasteiger charge is 2.48. The Morgan fingerprint density at radius 2 is 1.68 bits per heavy atom. The molecule has 4 N–H and O–H groups in total. The molecule has 1 fully saturated rings. The van der Waals surface area contributed by atoms with Crippen molar-refractivity contribution in [1.29, 1.82) is 0 Å². The molecule has 1 saturated heterocycles. The summed E-state index contributed by atoms with van der Waals surface area (Å²) in [6.45, 7) is -0.668. The predicted octanol–water partition coefficient (Wildman–Crippen LogP) is 2.63. The molecule has 0 spiro atoms. The van der Waals surface area contributed by atoms with E-state index in [1.54, 1.807) is 42.5 Å². The van der Waals surface area contributed by atoms with Gasteiger partial charge in [-0.2, -0.15) is 0 Å². The van der Waals surface area contributed by atoms with Crippen LogP contribution < -0.4 is 19.6 Å². The highest BCUT2D eigenvalue weighted by atomic mass is 16.7. The smallest absolute Gasteiger partial charge is 0.331 e. The molecule has 0 bridgehead atoms. The molecule has 12 heteroatoms. The van der Waals surface area contributed by atoms with Crippen LogP contribution in [-0.2, 0) is 14.3 Å². The Bertz CT molecular complexity index is 1710. The second-order valence-corrected chi connectivity index (χ2v) is 9.78. The summed E-state index contributed by atoms with van der Waals surface area (Å²) < 4.78 is 34.0. The van der Waals surface area contributed by atoms with Gasteiger partial charge in [-0.1, -0.05) is 42.5 Å². The van der Waals surface area contributed by atoms with Gasteiger partial charge in [-0.15, -0.1) is 0 Å². The molecule has 0 aliphatic carbocycles. The maximum atomic E-state index is 13.1. The number of phenolic OH excluding ortho intramolecular Hbond substituents is 1. The number of hydrogen-bond donors (Lipinski definition) is 4. The minimum atomic E-state index is -1.69. The van der Waals surface area contributed by atoms with Gasteiger partial charge < -0.3 is 48.5 Å². The number of methoxy groups -OCH3 is 2. The number of aliphatic hydroxyl groups is 3. The number of carbonyl (C=O) groups is 1. The molecule has 44 heavy (non-hydrogen) atoms. The van der Waals surface area contributed by atoms with Crippen LogP contribution in [-0.4, -0.2) is 77.9 Å². The molecule has 0 unspecified atom stereocenters. The third kappa shape index (κ3) is 6.10. The molecular formula is C32H30O12. The topological polar surface area (TPSA) is 174 Å². The highest BCUT2D eigenvalue weighted by Crippen LogP contribution is 2.42. The van der Waals surface area contributed by atoms with Crippen LogP contribution in [0.1, 0.15) is 5.56 Å². The molecule has 3 aromatic carbocycles. The van der Waals surface area contributed by atoms with E-state index in [-0.39, 0.29) is 45.3 Å². The Morgan fingerprint density at radius 3 is 2.39 bits per heavy atom. The van der Waals surface area contributed by atoms with Crippen LogP contribution in [0.3, 0.4) is 0 Å². The number of hydrogen-bond acceptors (Lipinski definition) is 12. The molecule has 230 valence electrons. The molecule has 12 nitrogen and oxygen atoms in total. The van der Waals surface area contributed by atoms with Crippen molar-refractivity contribution in [3.63, 3.8) is 0 Å². The van der Waals surface area contributed by atoms with E-state index in [1.807, 2.05) is 6.07 Å². The van der Waals surface area contributed by atoms with Gasteiger partial charge in [-0.05, 0) is 23.8 Å². The maximum Gasteiger partial charge on any atom is 0.331 e. The number of fused-ring (bicyclic) bond motifs is 1. The average molecular weight is 607 g/mol. The predicted molar refractivity (Wildman–Crippen MR) is 156 cm³/mol. The lowest BCUT2D eigenvalue weighted by Gasteiger charge is -2.41. The Hall–Kier alpha value is -4.88. The van der Waals surface area contributed by atoms with Gasteiger partial charge in [0.2, 0.25) is 12.0 Å². The average Bonchev–Trinajstić information content (AvgIpc) is 3.03. The number of para-hydroxylation sites is 1. The number of ether oxygens (including phenoxy) is 5. The van der Waals surface area contributed by atoms with E-state index in [1.165, 1.54) is 32.4 Å². The molecule has 0 amide bonds. The van der Waals surface area contributed by atoms with Gasteiger partial charge in [0.25, 0.3) is 0 Å². The first kappa shape index (κ1) is 30.6. The number of aromatic hydroxyl groups is 1. The number of carbonyl (C=O) groups excluding carboxylic acids is 1. The van der Waals surface area contributed by atoms with Crippen LogP contribution >= 0.6 is 0 Å². The minimum absolute atomic E-state index is 0.0125. The van der Waals surface area contributed by atoms with E-state index in [9.17, 15) is 30.0 Å². The van der Waals surface area contributed by atoms with Crippen molar-refractivity contribution in [1.82, 2.24) is 0 Å². The van der Waals surface area contributed by atoms with Gasteiger partial charge >= 0.3 is 5.97 Å². The normalized spacial score (nSPS) is 21.7. The van der Waals surface area contributed by atoms with Crippen LogP contribution in [0.25, 0.3) is 28.4 Å². The van der Waals surface area contributed by atoms with Crippen molar-refractivity contribution < 1.29 is 53.3 Å². The van der Waals surface area contributed by atoms with Crippen LogP contribution in [0.5, 0.6) is 23.0 Å². The second kappa shape index (κ2) is 13.2. The largest absolute Gasteiger partial charge is 0.507 e. The Balaban J connectivity index is 1.51. The minimum Gasteiger partial charge on any atom is -0.507 e. The van der Waals surface area contributed by atoms with Crippen molar-refractivity contribution in [2.24, 2.45) is 0 Å². The molecule has 5 rings (SSSR count). The Morgan fingerprint density at radius 1 is 0.955 bits per heavy atom. The summed E-state index contributed by atoms with van der Waals surface area (Å²) in [6.07, 6.45) is -4.93. The number of aliphatic hydroxyl groups excluding tert-OH is 3. The van der Waals surface area contributed by atoms with E-state index in [2.05, 4.69) is 0 Å². The lowest BCUT2D eigenvalue weighted by molar-refractivity contribution is -0.281. The lowest BCUT2D eigenvalue weighted by Crippen LogP contribution is -2.61. The number of benzene rings is 3. The summed E-state index contributed by atoms with van der Waals surface area (Å²) >= 11 is 0. The van der Waals surface area contributed by atoms with E-state index in [4.69, 9.17) is 28.1 Å². The first-order valence-corrected chi connectivity index (χ1v) is 13.5. The van der Waals surface area contributed by atoms with Crippen molar-refractivity contribution in [3.05, 3.63) is 88.6 Å². The fraction of sp³-hybridized carbons (Fsp3) is 0.250. The molecule has 4 aromatic rings. The molecule has 5 atom stereocenters.